The van der Waals surface area contributed by atoms with Crippen LogP contribution in [0.4, 0.5) is 5.69 Å². The lowest BCUT2D eigenvalue weighted by atomic mass is 9.97. The lowest BCUT2D eigenvalue weighted by Gasteiger charge is -2.25. The van der Waals surface area contributed by atoms with Gasteiger partial charge in [-0.1, -0.05) is 22.0 Å². The summed E-state index contributed by atoms with van der Waals surface area (Å²) in [5.41, 5.74) is 1.71. The Labute approximate surface area is 202 Å². The number of phenols is 1. The Bertz CT molecular complexity index is 1540. The zero-order valence-electron chi connectivity index (χ0n) is 18.2. The standard InChI is InChI=1S/C26H18BrNO6/c1-13(29)14-3-7-17(8-4-14)28-23(15-5-9-19(30)21(11-15)33-2)22-24(31)18-12-16(27)6-10-20(18)34-25(22)26(28)32/h3-12,23,30H,1-2H3. The molecule has 0 aliphatic carbocycles. The van der Waals surface area contributed by atoms with E-state index in [1.165, 1.54) is 25.0 Å². The first-order valence-corrected chi connectivity index (χ1v) is 11.2. The number of benzene rings is 3. The van der Waals surface area contributed by atoms with Gasteiger partial charge in [0, 0.05) is 15.7 Å². The summed E-state index contributed by atoms with van der Waals surface area (Å²) in [5.74, 6) is -0.492. The smallest absolute Gasteiger partial charge is 0.295 e. The van der Waals surface area contributed by atoms with Gasteiger partial charge >= 0.3 is 0 Å². The van der Waals surface area contributed by atoms with Crippen LogP contribution in [0, 0.1) is 0 Å². The van der Waals surface area contributed by atoms with Crippen LogP contribution in [0.15, 0.2) is 74.3 Å². The van der Waals surface area contributed by atoms with Crippen LogP contribution in [0.1, 0.15) is 45.0 Å². The van der Waals surface area contributed by atoms with Gasteiger partial charge in [-0.25, -0.2) is 0 Å². The van der Waals surface area contributed by atoms with Crippen LogP contribution in [0.5, 0.6) is 11.5 Å². The summed E-state index contributed by atoms with van der Waals surface area (Å²) in [6.07, 6.45) is 0. The van der Waals surface area contributed by atoms with Crippen molar-refractivity contribution < 1.29 is 23.8 Å². The second-order valence-corrected chi connectivity index (χ2v) is 8.84. The molecule has 1 unspecified atom stereocenters. The second kappa shape index (κ2) is 8.14. The fourth-order valence-electron chi connectivity index (χ4n) is 4.25. The first-order chi connectivity index (χ1) is 16.3. The highest BCUT2D eigenvalue weighted by molar-refractivity contribution is 9.10. The van der Waals surface area contributed by atoms with Gasteiger partial charge in [0.15, 0.2) is 22.7 Å². The number of ketones is 1. The molecule has 2 heterocycles. The molecule has 3 aromatic carbocycles. The van der Waals surface area contributed by atoms with E-state index in [4.69, 9.17) is 9.15 Å². The zero-order chi connectivity index (χ0) is 24.1. The number of ether oxygens (including phenoxy) is 1. The number of carbonyl (C=O) groups excluding carboxylic acids is 2. The van der Waals surface area contributed by atoms with Crippen LogP contribution in [0.25, 0.3) is 11.0 Å². The summed E-state index contributed by atoms with van der Waals surface area (Å²) in [4.78, 5) is 40.5. The number of carbonyl (C=O) groups is 2. The Morgan fingerprint density at radius 1 is 1.06 bits per heavy atom. The molecule has 34 heavy (non-hydrogen) atoms. The van der Waals surface area contributed by atoms with Gasteiger partial charge in [-0.05, 0) is 67.1 Å². The molecule has 0 saturated heterocycles. The van der Waals surface area contributed by atoms with Crippen molar-refractivity contribution in [3.8, 4) is 11.5 Å². The van der Waals surface area contributed by atoms with Gasteiger partial charge in [-0.3, -0.25) is 19.3 Å². The van der Waals surface area contributed by atoms with E-state index >= 15 is 0 Å². The molecule has 4 aromatic rings. The van der Waals surface area contributed by atoms with Crippen molar-refractivity contribution in [1.29, 1.82) is 0 Å². The molecule has 1 atom stereocenters. The SMILES string of the molecule is COc1cc(C2c3c(oc4ccc(Br)cc4c3=O)C(=O)N2c2ccc(C(C)=O)cc2)ccc1O. The molecule has 170 valence electrons. The average molecular weight is 520 g/mol. The highest BCUT2D eigenvalue weighted by atomic mass is 79.9. The fraction of sp³-hybridized carbons (Fsp3) is 0.115. The fourth-order valence-corrected chi connectivity index (χ4v) is 4.61. The minimum atomic E-state index is -0.834. The minimum absolute atomic E-state index is 0.0486. The van der Waals surface area contributed by atoms with Crippen molar-refractivity contribution in [2.75, 3.05) is 12.0 Å². The van der Waals surface area contributed by atoms with E-state index in [-0.39, 0.29) is 34.0 Å². The Morgan fingerprint density at radius 2 is 1.79 bits per heavy atom. The molecular weight excluding hydrogens is 502 g/mol. The first-order valence-electron chi connectivity index (χ1n) is 10.4. The lowest BCUT2D eigenvalue weighted by molar-refractivity contribution is 0.0970. The highest BCUT2D eigenvalue weighted by Crippen LogP contribution is 2.43. The summed E-state index contributed by atoms with van der Waals surface area (Å²) in [5, 5.41) is 10.4. The van der Waals surface area contributed by atoms with Gasteiger partial charge < -0.3 is 14.3 Å². The van der Waals surface area contributed by atoms with E-state index in [0.717, 1.165) is 0 Å². The average Bonchev–Trinajstić information content (AvgIpc) is 3.12. The van der Waals surface area contributed by atoms with Gasteiger partial charge in [0.25, 0.3) is 5.91 Å². The Balaban J connectivity index is 1.79. The van der Waals surface area contributed by atoms with Crippen LogP contribution >= 0.6 is 15.9 Å². The highest BCUT2D eigenvalue weighted by Gasteiger charge is 2.44. The van der Waals surface area contributed by atoms with Crippen molar-refractivity contribution in [1.82, 2.24) is 0 Å². The Hall–Kier alpha value is -3.91. The maximum atomic E-state index is 13.7. The molecule has 0 fully saturated rings. The quantitative estimate of drug-likeness (QED) is 0.371. The van der Waals surface area contributed by atoms with Gasteiger partial charge in [0.2, 0.25) is 5.76 Å². The van der Waals surface area contributed by atoms with E-state index < -0.39 is 11.9 Å². The molecule has 1 amide bonds. The van der Waals surface area contributed by atoms with Gasteiger partial charge in [-0.15, -0.1) is 0 Å². The number of halogens is 1. The molecule has 5 rings (SSSR count). The van der Waals surface area contributed by atoms with Crippen LogP contribution in [0.2, 0.25) is 0 Å². The molecule has 1 aromatic heterocycles. The van der Waals surface area contributed by atoms with E-state index in [1.807, 2.05) is 0 Å². The zero-order valence-corrected chi connectivity index (χ0v) is 19.8. The molecule has 1 N–H and O–H groups in total. The number of hydrogen-bond donors (Lipinski definition) is 1. The number of anilines is 1. The third kappa shape index (κ3) is 3.38. The van der Waals surface area contributed by atoms with Crippen LogP contribution in [-0.2, 0) is 0 Å². The molecule has 0 spiro atoms. The van der Waals surface area contributed by atoms with E-state index in [2.05, 4.69) is 15.9 Å². The summed E-state index contributed by atoms with van der Waals surface area (Å²) >= 11 is 3.38. The lowest BCUT2D eigenvalue weighted by Crippen LogP contribution is -2.29. The van der Waals surface area contributed by atoms with Gasteiger partial charge in [-0.2, -0.15) is 0 Å². The number of nitrogens with zero attached hydrogens (tertiary/aromatic N) is 1. The van der Waals surface area contributed by atoms with Crippen molar-refractivity contribution in [3.63, 3.8) is 0 Å². The minimum Gasteiger partial charge on any atom is -0.504 e. The maximum absolute atomic E-state index is 13.7. The van der Waals surface area contributed by atoms with Gasteiger partial charge in [0.05, 0.1) is 24.1 Å². The van der Waals surface area contributed by atoms with Crippen LogP contribution in [0.3, 0.4) is 0 Å². The molecule has 0 bridgehead atoms. The van der Waals surface area contributed by atoms with Crippen molar-refractivity contribution in [3.05, 3.63) is 97.8 Å². The van der Waals surface area contributed by atoms with E-state index in [1.54, 1.807) is 54.6 Å². The van der Waals surface area contributed by atoms with E-state index in [0.29, 0.717) is 32.3 Å². The molecule has 8 heteroatoms. The van der Waals surface area contributed by atoms with Crippen LogP contribution in [-0.4, -0.2) is 23.9 Å². The topological polar surface area (TPSA) is 97.0 Å². The summed E-state index contributed by atoms with van der Waals surface area (Å²) in [7, 11) is 1.42. The first kappa shape index (κ1) is 21.9. The third-order valence-electron chi connectivity index (χ3n) is 5.90. The molecule has 0 saturated carbocycles. The van der Waals surface area contributed by atoms with Crippen LogP contribution < -0.4 is 15.1 Å². The third-order valence-corrected chi connectivity index (χ3v) is 6.40. The number of fused-ring (bicyclic) bond motifs is 2. The number of amides is 1. The molecule has 0 radical (unpaired) electrons. The van der Waals surface area contributed by atoms with Gasteiger partial charge in [0.1, 0.15) is 5.58 Å². The molecule has 1 aliphatic heterocycles. The summed E-state index contributed by atoms with van der Waals surface area (Å²) in [6, 6.07) is 15.4. The van der Waals surface area contributed by atoms with Crippen molar-refractivity contribution in [2.24, 2.45) is 0 Å². The van der Waals surface area contributed by atoms with Crippen molar-refractivity contribution in [2.45, 2.75) is 13.0 Å². The Morgan fingerprint density at radius 3 is 2.47 bits per heavy atom. The monoisotopic (exact) mass is 519 g/mol. The summed E-state index contributed by atoms with van der Waals surface area (Å²) in [6.45, 7) is 1.46. The predicted octanol–water partition coefficient (Wildman–Crippen LogP) is 5.22. The number of rotatable bonds is 4. The largest absolute Gasteiger partial charge is 0.504 e. The van der Waals surface area contributed by atoms with Crippen molar-refractivity contribution >= 4 is 44.3 Å². The number of hydrogen-bond acceptors (Lipinski definition) is 6. The summed E-state index contributed by atoms with van der Waals surface area (Å²) < 4.78 is 11.9. The normalized spacial score (nSPS) is 15.0. The Kier molecular flexibility index (Phi) is 5.25. The van der Waals surface area contributed by atoms with E-state index in [9.17, 15) is 19.5 Å². The molecule has 7 nitrogen and oxygen atoms in total. The molecule has 1 aliphatic rings. The number of methoxy groups -OCH3 is 1. The predicted molar refractivity (Wildman–Crippen MR) is 130 cm³/mol. The molecular formula is C26H18BrNO6. The number of Topliss-reactive ketones (excluding diaryl/α,β-unsaturated/α-hetero) is 1. The second-order valence-electron chi connectivity index (χ2n) is 7.93. The number of aromatic hydroxyl groups is 1. The number of phenolic OH excluding ortho intramolecular Hbond substituents is 1. The maximum Gasteiger partial charge on any atom is 0.295 e.